The number of nitrogens with one attached hydrogen (secondary N) is 1. The van der Waals surface area contributed by atoms with E-state index in [-0.39, 0.29) is 0 Å². The number of hydrogen-bond donors (Lipinski definition) is 3. The Morgan fingerprint density at radius 1 is 1.18 bits per heavy atom. The van der Waals surface area contributed by atoms with Gasteiger partial charge in [0.2, 0.25) is 0 Å². The van der Waals surface area contributed by atoms with Gasteiger partial charge in [0.15, 0.2) is 5.66 Å². The zero-order valence-corrected chi connectivity index (χ0v) is 14.0. The standard InChI is InChI=1S/C16H24ClN5/c1-3-5-6-11-16(4-2)21-14(18)20-15(19)22(16)13-9-7-12(17)8-10-13/h7-10H,3-6,11H2,1-2H3,(H4,18,19,20,21)/p+1. The molecule has 2 rings (SSSR count). The first-order valence-corrected chi connectivity index (χ1v) is 8.21. The van der Waals surface area contributed by atoms with E-state index in [1.807, 2.05) is 28.8 Å². The summed E-state index contributed by atoms with van der Waals surface area (Å²) in [5.74, 6) is 0.884. The summed E-state index contributed by atoms with van der Waals surface area (Å²) in [4.78, 5) is 4.71. The second-order valence-electron chi connectivity index (χ2n) is 5.61. The Morgan fingerprint density at radius 2 is 1.86 bits per heavy atom. The molecule has 120 valence electrons. The van der Waals surface area contributed by atoms with Crippen LogP contribution in [0.2, 0.25) is 5.02 Å². The minimum Gasteiger partial charge on any atom is -0.357 e. The Kier molecular flexibility index (Phi) is 5.29. The first kappa shape index (κ1) is 16.6. The molecule has 5 N–H and O–H groups in total. The number of nitrogens with zero attached hydrogens (tertiary/aromatic N) is 2. The van der Waals surface area contributed by atoms with E-state index in [9.17, 15) is 0 Å². The molecule has 6 heteroatoms. The Morgan fingerprint density at radius 3 is 2.45 bits per heavy atom. The zero-order chi connectivity index (χ0) is 16.2. The van der Waals surface area contributed by atoms with Crippen LogP contribution in [-0.2, 0) is 0 Å². The van der Waals surface area contributed by atoms with Gasteiger partial charge in [-0.15, -0.1) is 0 Å². The number of unbranched alkanes of at least 4 members (excludes halogenated alkanes) is 2. The molecule has 0 spiro atoms. The molecule has 5 nitrogen and oxygen atoms in total. The average Bonchev–Trinajstić information content (AvgIpc) is 2.48. The molecule has 0 radical (unpaired) electrons. The molecule has 1 aliphatic rings. The van der Waals surface area contributed by atoms with Gasteiger partial charge in [-0.2, -0.15) is 4.99 Å². The van der Waals surface area contributed by atoms with Gasteiger partial charge in [0.25, 0.3) is 5.96 Å². The maximum absolute atomic E-state index is 6.23. The molecule has 1 aliphatic heterocycles. The highest BCUT2D eigenvalue weighted by Crippen LogP contribution is 2.33. The van der Waals surface area contributed by atoms with E-state index in [1.165, 1.54) is 6.42 Å². The van der Waals surface area contributed by atoms with Crippen LogP contribution in [0.1, 0.15) is 46.0 Å². The minimum atomic E-state index is -0.442. The SMILES string of the molecule is CCCCCC1(CC)N=C(N)NC(N)=[N+]1c1ccc(Cl)cc1. The monoisotopic (exact) mass is 322 g/mol. The van der Waals surface area contributed by atoms with Gasteiger partial charge in [0, 0.05) is 17.9 Å². The number of benzene rings is 1. The molecule has 0 saturated heterocycles. The molecule has 1 unspecified atom stereocenters. The van der Waals surface area contributed by atoms with Crippen molar-refractivity contribution in [2.45, 2.75) is 51.6 Å². The average molecular weight is 323 g/mol. The molecule has 0 saturated carbocycles. The lowest BCUT2D eigenvalue weighted by Crippen LogP contribution is -2.57. The lowest BCUT2D eigenvalue weighted by molar-refractivity contribution is -0.540. The second kappa shape index (κ2) is 7.01. The van der Waals surface area contributed by atoms with Crippen molar-refractivity contribution in [3.8, 4) is 0 Å². The molecule has 1 aromatic carbocycles. The molecular formula is C16H25ClN5+. The molecule has 0 aliphatic carbocycles. The summed E-state index contributed by atoms with van der Waals surface area (Å²) in [6.45, 7) is 4.31. The number of nitrogens with two attached hydrogens (primary N) is 2. The van der Waals surface area contributed by atoms with Crippen LogP contribution in [0, 0.1) is 0 Å². The van der Waals surface area contributed by atoms with Crippen molar-refractivity contribution in [2.24, 2.45) is 16.5 Å². The third-order valence-electron chi connectivity index (χ3n) is 4.07. The Bertz CT molecular complexity index is 579. The highest BCUT2D eigenvalue weighted by atomic mass is 35.5. The van der Waals surface area contributed by atoms with E-state index in [2.05, 4.69) is 19.2 Å². The Labute approximate surface area is 137 Å². The van der Waals surface area contributed by atoms with Crippen LogP contribution in [0.3, 0.4) is 0 Å². The summed E-state index contributed by atoms with van der Waals surface area (Å²) in [7, 11) is 0. The molecule has 0 aromatic heterocycles. The van der Waals surface area contributed by atoms with E-state index < -0.39 is 5.66 Å². The van der Waals surface area contributed by atoms with Gasteiger partial charge in [-0.05, 0) is 30.7 Å². The highest BCUT2D eigenvalue weighted by Gasteiger charge is 2.40. The summed E-state index contributed by atoms with van der Waals surface area (Å²) < 4.78 is 2.04. The number of hydrogen-bond acceptors (Lipinski definition) is 4. The lowest BCUT2D eigenvalue weighted by Gasteiger charge is -2.34. The first-order chi connectivity index (χ1) is 10.5. The fraction of sp³-hybridized carbons (Fsp3) is 0.500. The Hall–Kier alpha value is -1.75. The van der Waals surface area contributed by atoms with E-state index in [0.29, 0.717) is 16.9 Å². The van der Waals surface area contributed by atoms with Crippen LogP contribution in [0.5, 0.6) is 0 Å². The topological polar surface area (TPSA) is 79.4 Å². The molecule has 1 heterocycles. The van der Waals surface area contributed by atoms with Crippen molar-refractivity contribution in [2.75, 3.05) is 0 Å². The fourth-order valence-corrected chi connectivity index (χ4v) is 3.05. The summed E-state index contributed by atoms with van der Waals surface area (Å²) in [6, 6.07) is 7.63. The van der Waals surface area contributed by atoms with Gasteiger partial charge in [0.05, 0.1) is 0 Å². The highest BCUT2D eigenvalue weighted by molar-refractivity contribution is 6.30. The molecular weight excluding hydrogens is 298 g/mol. The van der Waals surface area contributed by atoms with Crippen LogP contribution < -0.4 is 16.8 Å². The maximum Gasteiger partial charge on any atom is 0.357 e. The third-order valence-corrected chi connectivity index (χ3v) is 4.33. The first-order valence-electron chi connectivity index (χ1n) is 7.83. The number of aliphatic imine (C=N–C) groups is 1. The molecule has 0 amide bonds. The van der Waals surface area contributed by atoms with E-state index in [0.717, 1.165) is 31.4 Å². The van der Waals surface area contributed by atoms with Crippen molar-refractivity contribution in [1.29, 1.82) is 0 Å². The van der Waals surface area contributed by atoms with Crippen LogP contribution in [0.15, 0.2) is 29.3 Å². The van der Waals surface area contributed by atoms with Gasteiger partial charge >= 0.3 is 5.96 Å². The molecule has 0 fully saturated rings. The Balaban J connectivity index is 2.45. The fourth-order valence-electron chi connectivity index (χ4n) is 2.92. The van der Waals surface area contributed by atoms with Crippen molar-refractivity contribution < 1.29 is 4.58 Å². The maximum atomic E-state index is 6.23. The second-order valence-corrected chi connectivity index (χ2v) is 6.05. The van der Waals surface area contributed by atoms with Crippen LogP contribution in [-0.4, -0.2) is 22.2 Å². The summed E-state index contributed by atoms with van der Waals surface area (Å²) in [5.41, 5.74) is 12.7. The largest absolute Gasteiger partial charge is 0.357 e. The smallest absolute Gasteiger partial charge is 0.357 e. The van der Waals surface area contributed by atoms with E-state index >= 15 is 0 Å². The third kappa shape index (κ3) is 3.35. The molecule has 22 heavy (non-hydrogen) atoms. The van der Waals surface area contributed by atoms with Crippen LogP contribution in [0.25, 0.3) is 0 Å². The van der Waals surface area contributed by atoms with Crippen molar-refractivity contribution in [3.63, 3.8) is 0 Å². The van der Waals surface area contributed by atoms with Crippen LogP contribution >= 0.6 is 11.6 Å². The predicted molar refractivity (Wildman–Crippen MR) is 92.5 cm³/mol. The normalized spacial score (nSPS) is 21.5. The van der Waals surface area contributed by atoms with Crippen molar-refractivity contribution in [3.05, 3.63) is 29.3 Å². The number of rotatable bonds is 6. The predicted octanol–water partition coefficient (Wildman–Crippen LogP) is 2.90. The van der Waals surface area contributed by atoms with Gasteiger partial charge in [-0.25, -0.2) is 9.89 Å². The van der Waals surface area contributed by atoms with Crippen LogP contribution in [0.4, 0.5) is 5.69 Å². The van der Waals surface area contributed by atoms with Gasteiger partial charge in [-0.1, -0.05) is 38.3 Å². The lowest BCUT2D eigenvalue weighted by atomic mass is 9.97. The van der Waals surface area contributed by atoms with Crippen molar-refractivity contribution >= 4 is 29.2 Å². The van der Waals surface area contributed by atoms with E-state index in [4.69, 9.17) is 28.1 Å². The van der Waals surface area contributed by atoms with Gasteiger partial charge in [0.1, 0.15) is 5.69 Å². The summed E-state index contributed by atoms with van der Waals surface area (Å²) in [5, 5.41) is 3.63. The summed E-state index contributed by atoms with van der Waals surface area (Å²) >= 11 is 6.00. The molecule has 1 atom stereocenters. The number of guanidine groups is 2. The van der Waals surface area contributed by atoms with E-state index in [1.54, 1.807) is 0 Å². The van der Waals surface area contributed by atoms with Gasteiger partial charge < -0.3 is 5.73 Å². The number of halogens is 1. The van der Waals surface area contributed by atoms with Crippen molar-refractivity contribution in [1.82, 2.24) is 5.32 Å². The van der Waals surface area contributed by atoms with Gasteiger partial charge in [-0.3, -0.25) is 5.73 Å². The summed E-state index contributed by atoms with van der Waals surface area (Å²) in [6.07, 6.45) is 5.14. The minimum absolute atomic E-state index is 0.376. The molecule has 0 bridgehead atoms. The zero-order valence-electron chi connectivity index (χ0n) is 13.3. The molecule has 1 aromatic rings. The quantitative estimate of drug-likeness (QED) is 0.556.